The summed E-state index contributed by atoms with van der Waals surface area (Å²) >= 11 is 0. The Kier molecular flexibility index (Phi) is 3.16. The van der Waals surface area contributed by atoms with Crippen LogP contribution in [0.15, 0.2) is 12.4 Å². The lowest BCUT2D eigenvalue weighted by Gasteiger charge is -2.31. The monoisotopic (exact) mass is 271 g/mol. The van der Waals surface area contributed by atoms with E-state index in [1.807, 2.05) is 0 Å². The molecular formula is C17H25N3. The second-order valence-corrected chi connectivity index (χ2v) is 7.18. The lowest BCUT2D eigenvalue weighted by atomic mass is 9.84. The van der Waals surface area contributed by atoms with E-state index in [1.54, 1.807) is 6.33 Å². The first-order chi connectivity index (χ1) is 9.79. The lowest BCUT2D eigenvalue weighted by Crippen LogP contribution is -2.33. The molecule has 0 spiro atoms. The molecule has 2 saturated carbocycles. The van der Waals surface area contributed by atoms with E-state index in [9.17, 15) is 0 Å². The number of aromatic nitrogens is 2. The molecule has 3 aliphatic rings. The predicted octanol–water partition coefficient (Wildman–Crippen LogP) is 3.58. The fourth-order valence-corrected chi connectivity index (χ4v) is 4.99. The van der Waals surface area contributed by atoms with Crippen LogP contribution < -0.4 is 4.90 Å². The molecule has 0 amide bonds. The van der Waals surface area contributed by atoms with Crippen molar-refractivity contribution >= 4 is 5.82 Å². The number of nitrogens with zero attached hydrogens (tertiary/aromatic N) is 3. The number of aryl methyl sites for hydroxylation is 1. The van der Waals surface area contributed by atoms with Crippen LogP contribution in [-0.2, 0) is 0 Å². The Morgan fingerprint density at radius 3 is 2.90 bits per heavy atom. The number of anilines is 1. The van der Waals surface area contributed by atoms with Gasteiger partial charge in [0.25, 0.3) is 0 Å². The van der Waals surface area contributed by atoms with Gasteiger partial charge in [0, 0.05) is 24.3 Å². The molecule has 0 N–H and O–H groups in total. The van der Waals surface area contributed by atoms with Crippen LogP contribution in [0.3, 0.4) is 0 Å². The molecule has 4 rings (SSSR count). The van der Waals surface area contributed by atoms with Gasteiger partial charge in [0.2, 0.25) is 0 Å². The number of fused-ring (bicyclic) bond motifs is 2. The van der Waals surface area contributed by atoms with E-state index in [0.29, 0.717) is 0 Å². The van der Waals surface area contributed by atoms with Crippen molar-refractivity contribution in [1.29, 1.82) is 0 Å². The molecule has 1 saturated heterocycles. The summed E-state index contributed by atoms with van der Waals surface area (Å²) in [6.07, 6.45) is 11.9. The van der Waals surface area contributed by atoms with Crippen molar-refractivity contribution in [2.75, 3.05) is 11.4 Å². The molecule has 0 aromatic carbocycles. The van der Waals surface area contributed by atoms with Crippen molar-refractivity contribution in [3.8, 4) is 0 Å². The quantitative estimate of drug-likeness (QED) is 0.841. The highest BCUT2D eigenvalue weighted by Gasteiger charge is 2.41. The Balaban J connectivity index is 1.47. The molecule has 108 valence electrons. The molecule has 1 aliphatic heterocycles. The van der Waals surface area contributed by atoms with Gasteiger partial charge in [-0.2, -0.15) is 0 Å². The molecule has 3 nitrogen and oxygen atoms in total. The largest absolute Gasteiger partial charge is 0.354 e. The zero-order chi connectivity index (χ0) is 13.5. The second kappa shape index (κ2) is 5.01. The van der Waals surface area contributed by atoms with E-state index in [0.717, 1.165) is 35.3 Å². The summed E-state index contributed by atoms with van der Waals surface area (Å²) in [7, 11) is 0. The maximum Gasteiger partial charge on any atom is 0.132 e. The van der Waals surface area contributed by atoms with E-state index in [1.165, 1.54) is 51.5 Å². The van der Waals surface area contributed by atoms with Gasteiger partial charge >= 0.3 is 0 Å². The van der Waals surface area contributed by atoms with Crippen molar-refractivity contribution < 1.29 is 0 Å². The van der Waals surface area contributed by atoms with Crippen molar-refractivity contribution in [2.24, 2.45) is 17.8 Å². The van der Waals surface area contributed by atoms with Gasteiger partial charge in [-0.3, -0.25) is 0 Å². The molecule has 3 fully saturated rings. The van der Waals surface area contributed by atoms with Gasteiger partial charge in [0.05, 0.1) is 0 Å². The van der Waals surface area contributed by atoms with Crippen molar-refractivity contribution in [3.05, 3.63) is 18.1 Å². The van der Waals surface area contributed by atoms with Gasteiger partial charge in [0.15, 0.2) is 0 Å². The maximum absolute atomic E-state index is 4.51. The number of hydrogen-bond donors (Lipinski definition) is 0. The summed E-state index contributed by atoms with van der Waals surface area (Å²) in [5.41, 5.74) is 1.08. The highest BCUT2D eigenvalue weighted by Crippen LogP contribution is 2.50. The first-order valence-electron chi connectivity index (χ1n) is 8.35. The van der Waals surface area contributed by atoms with Crippen LogP contribution in [-0.4, -0.2) is 22.6 Å². The predicted molar refractivity (Wildman–Crippen MR) is 80.7 cm³/mol. The summed E-state index contributed by atoms with van der Waals surface area (Å²) in [6, 6.07) is 2.88. The van der Waals surface area contributed by atoms with Crippen molar-refractivity contribution in [3.63, 3.8) is 0 Å². The Morgan fingerprint density at radius 1 is 1.20 bits per heavy atom. The van der Waals surface area contributed by atoms with Gasteiger partial charge in [0.1, 0.15) is 12.1 Å². The van der Waals surface area contributed by atoms with E-state index in [4.69, 9.17) is 0 Å². The van der Waals surface area contributed by atoms with E-state index >= 15 is 0 Å². The summed E-state index contributed by atoms with van der Waals surface area (Å²) < 4.78 is 0. The average molecular weight is 271 g/mol. The third kappa shape index (κ3) is 2.21. The number of rotatable bonds is 3. The first-order valence-corrected chi connectivity index (χ1v) is 8.35. The van der Waals surface area contributed by atoms with Crippen LogP contribution in [0.1, 0.15) is 50.6 Å². The summed E-state index contributed by atoms with van der Waals surface area (Å²) in [6.45, 7) is 3.24. The van der Waals surface area contributed by atoms with Crippen LogP contribution >= 0.6 is 0 Å². The molecular weight excluding hydrogens is 246 g/mol. The van der Waals surface area contributed by atoms with Crippen LogP contribution in [0.4, 0.5) is 5.82 Å². The molecule has 0 radical (unpaired) electrons. The van der Waals surface area contributed by atoms with E-state index < -0.39 is 0 Å². The maximum atomic E-state index is 4.51. The van der Waals surface area contributed by atoms with Gasteiger partial charge in [-0.1, -0.05) is 6.42 Å². The molecule has 1 aromatic rings. The van der Waals surface area contributed by atoms with Crippen LogP contribution in [0.2, 0.25) is 0 Å². The number of hydrogen-bond acceptors (Lipinski definition) is 3. The molecule has 2 bridgehead atoms. The summed E-state index contributed by atoms with van der Waals surface area (Å²) in [5.74, 6) is 4.28. The average Bonchev–Trinajstić information content (AvgIpc) is 3.14. The molecule has 0 unspecified atom stereocenters. The molecule has 20 heavy (non-hydrogen) atoms. The van der Waals surface area contributed by atoms with Crippen LogP contribution in [0.5, 0.6) is 0 Å². The van der Waals surface area contributed by atoms with Gasteiger partial charge < -0.3 is 4.90 Å². The molecule has 1 aromatic heterocycles. The topological polar surface area (TPSA) is 29.0 Å². The molecule has 2 aliphatic carbocycles. The van der Waals surface area contributed by atoms with Crippen molar-refractivity contribution in [2.45, 2.75) is 57.9 Å². The van der Waals surface area contributed by atoms with Crippen LogP contribution in [0.25, 0.3) is 0 Å². The fraction of sp³-hybridized carbons (Fsp3) is 0.765. The minimum Gasteiger partial charge on any atom is -0.354 e. The third-order valence-corrected chi connectivity index (χ3v) is 5.92. The highest BCUT2D eigenvalue weighted by atomic mass is 15.2. The Labute approximate surface area is 121 Å². The zero-order valence-electron chi connectivity index (χ0n) is 12.5. The fourth-order valence-electron chi connectivity index (χ4n) is 4.99. The van der Waals surface area contributed by atoms with Gasteiger partial charge in [-0.25, -0.2) is 9.97 Å². The normalized spacial score (nSPS) is 36.0. The molecule has 4 atom stereocenters. The Hall–Kier alpha value is -1.12. The minimum absolute atomic E-state index is 0.730. The van der Waals surface area contributed by atoms with Crippen LogP contribution in [0, 0.1) is 24.7 Å². The van der Waals surface area contributed by atoms with Gasteiger partial charge in [-0.15, -0.1) is 0 Å². The minimum atomic E-state index is 0.730. The molecule has 3 heteroatoms. The SMILES string of the molecule is Cc1cc(N2CCC[C@@H]2C[C@H]2C[C@H]3CC[C@H]2C3)ncn1. The van der Waals surface area contributed by atoms with Crippen molar-refractivity contribution in [1.82, 2.24) is 9.97 Å². The Morgan fingerprint density at radius 2 is 2.15 bits per heavy atom. The zero-order valence-corrected chi connectivity index (χ0v) is 12.5. The summed E-state index contributed by atoms with van der Waals surface area (Å²) in [4.78, 5) is 11.3. The Bertz CT molecular complexity index is 487. The molecule has 2 heterocycles. The second-order valence-electron chi connectivity index (χ2n) is 7.18. The first kappa shape index (κ1) is 12.6. The smallest absolute Gasteiger partial charge is 0.132 e. The highest BCUT2D eigenvalue weighted by molar-refractivity contribution is 5.41. The standard InChI is InChI=1S/C17H25N3/c1-12-7-17(19-11-18-12)20-6-2-3-16(20)10-15-9-13-4-5-14(15)8-13/h7,11,13-16H,2-6,8-10H2,1H3/t13-,14-,15+,16+/m0/s1. The van der Waals surface area contributed by atoms with E-state index in [2.05, 4.69) is 27.9 Å². The lowest BCUT2D eigenvalue weighted by molar-refractivity contribution is 0.294. The van der Waals surface area contributed by atoms with E-state index in [-0.39, 0.29) is 0 Å². The third-order valence-electron chi connectivity index (χ3n) is 5.92. The summed E-state index contributed by atoms with van der Waals surface area (Å²) in [5, 5.41) is 0. The van der Waals surface area contributed by atoms with Gasteiger partial charge in [-0.05, 0) is 63.2 Å².